The second kappa shape index (κ2) is 13.9. The van der Waals surface area contributed by atoms with E-state index in [1.165, 1.54) is 44.9 Å². The largest absolute Gasteiger partial charge is 0.374 e. The third-order valence-electron chi connectivity index (χ3n) is 3.40. The molecule has 1 amide bonds. The molecule has 0 aromatic heterocycles. The summed E-state index contributed by atoms with van der Waals surface area (Å²) in [5, 5.41) is 12.1. The maximum absolute atomic E-state index is 11.5. The first-order chi connectivity index (χ1) is 9.20. The Morgan fingerprint density at radius 3 is 1.95 bits per heavy atom. The molecule has 0 bridgehead atoms. The van der Waals surface area contributed by atoms with Crippen LogP contribution in [-0.2, 0) is 4.79 Å². The van der Waals surface area contributed by atoms with Crippen LogP contribution < -0.4 is 5.32 Å². The van der Waals surface area contributed by atoms with Gasteiger partial charge in [-0.05, 0) is 12.8 Å². The summed E-state index contributed by atoms with van der Waals surface area (Å²) in [7, 11) is 0. The van der Waals surface area contributed by atoms with E-state index in [0.717, 1.165) is 19.3 Å². The van der Waals surface area contributed by atoms with Crippen LogP contribution in [-0.4, -0.2) is 17.2 Å². The van der Waals surface area contributed by atoms with E-state index in [-0.39, 0.29) is 5.91 Å². The van der Waals surface area contributed by atoms with Crippen molar-refractivity contribution in [1.29, 1.82) is 0 Å². The fourth-order valence-corrected chi connectivity index (χ4v) is 2.20. The van der Waals surface area contributed by atoms with Gasteiger partial charge >= 0.3 is 0 Å². The molecule has 3 nitrogen and oxygen atoms in total. The van der Waals surface area contributed by atoms with Crippen LogP contribution in [0.2, 0.25) is 0 Å². The number of hydrogen-bond acceptors (Lipinski definition) is 2. The Hall–Kier alpha value is -0.570. The SMILES string of the molecule is CCCCCCCCCCCC(=O)NC(O)CCC. The highest BCUT2D eigenvalue weighted by Crippen LogP contribution is 2.10. The molecule has 0 saturated heterocycles. The Labute approximate surface area is 119 Å². The molecule has 0 radical (unpaired) electrons. The first-order valence-corrected chi connectivity index (χ1v) is 8.18. The summed E-state index contributed by atoms with van der Waals surface area (Å²) in [6, 6.07) is 0. The average Bonchev–Trinajstić information content (AvgIpc) is 2.37. The summed E-state index contributed by atoms with van der Waals surface area (Å²) in [6.45, 7) is 4.23. The number of aliphatic hydroxyl groups is 1. The molecule has 0 aliphatic heterocycles. The summed E-state index contributed by atoms with van der Waals surface area (Å²) in [5.41, 5.74) is 0. The molecule has 19 heavy (non-hydrogen) atoms. The van der Waals surface area contributed by atoms with Crippen molar-refractivity contribution in [3.05, 3.63) is 0 Å². The van der Waals surface area contributed by atoms with Gasteiger partial charge in [0.15, 0.2) is 0 Å². The highest BCUT2D eigenvalue weighted by atomic mass is 16.3. The van der Waals surface area contributed by atoms with Crippen molar-refractivity contribution < 1.29 is 9.90 Å². The van der Waals surface area contributed by atoms with Crippen molar-refractivity contribution in [2.24, 2.45) is 0 Å². The standard InChI is InChI=1S/C16H33NO2/c1-3-5-6-7-8-9-10-11-12-14-16(19)17-15(18)13-4-2/h15,18H,3-14H2,1-2H3,(H,17,19). The van der Waals surface area contributed by atoms with E-state index in [0.29, 0.717) is 12.8 Å². The Morgan fingerprint density at radius 2 is 1.42 bits per heavy atom. The van der Waals surface area contributed by atoms with Crippen molar-refractivity contribution in [2.75, 3.05) is 0 Å². The van der Waals surface area contributed by atoms with E-state index < -0.39 is 6.23 Å². The van der Waals surface area contributed by atoms with Crippen LogP contribution in [0.25, 0.3) is 0 Å². The quantitative estimate of drug-likeness (QED) is 0.390. The number of nitrogens with one attached hydrogen (secondary N) is 1. The summed E-state index contributed by atoms with van der Waals surface area (Å²) in [5.74, 6) is -0.0103. The summed E-state index contributed by atoms with van der Waals surface area (Å²) < 4.78 is 0. The van der Waals surface area contributed by atoms with Gasteiger partial charge in [0.2, 0.25) is 5.91 Å². The summed E-state index contributed by atoms with van der Waals surface area (Å²) in [4.78, 5) is 11.5. The molecule has 1 atom stereocenters. The van der Waals surface area contributed by atoms with E-state index in [1.54, 1.807) is 0 Å². The molecule has 0 saturated carbocycles. The molecule has 3 heteroatoms. The van der Waals surface area contributed by atoms with E-state index in [1.807, 2.05) is 6.92 Å². The number of rotatable bonds is 13. The third kappa shape index (κ3) is 13.7. The summed E-state index contributed by atoms with van der Waals surface area (Å²) in [6.07, 6.45) is 12.8. The Balaban J connectivity index is 3.23. The van der Waals surface area contributed by atoms with Crippen LogP contribution in [0.15, 0.2) is 0 Å². The van der Waals surface area contributed by atoms with Gasteiger partial charge in [-0.15, -0.1) is 0 Å². The zero-order chi connectivity index (χ0) is 14.3. The Kier molecular flexibility index (Phi) is 13.4. The van der Waals surface area contributed by atoms with Crippen molar-refractivity contribution in [2.45, 2.75) is 97.1 Å². The fourth-order valence-electron chi connectivity index (χ4n) is 2.20. The number of carbonyl (C=O) groups is 1. The van der Waals surface area contributed by atoms with Gasteiger partial charge in [-0.2, -0.15) is 0 Å². The van der Waals surface area contributed by atoms with Crippen molar-refractivity contribution in [3.8, 4) is 0 Å². The van der Waals surface area contributed by atoms with E-state index >= 15 is 0 Å². The lowest BCUT2D eigenvalue weighted by molar-refractivity contribution is -0.124. The summed E-state index contributed by atoms with van der Waals surface area (Å²) >= 11 is 0. The van der Waals surface area contributed by atoms with Crippen LogP contribution in [0, 0.1) is 0 Å². The predicted octanol–water partition coefficient (Wildman–Crippen LogP) is 4.14. The zero-order valence-corrected chi connectivity index (χ0v) is 12.9. The number of aliphatic hydroxyl groups excluding tert-OH is 1. The maximum atomic E-state index is 11.5. The van der Waals surface area contributed by atoms with Crippen molar-refractivity contribution >= 4 is 5.91 Å². The van der Waals surface area contributed by atoms with Gasteiger partial charge in [-0.1, -0.05) is 71.6 Å². The topological polar surface area (TPSA) is 49.3 Å². The molecule has 0 aliphatic rings. The van der Waals surface area contributed by atoms with Crippen LogP contribution in [0.1, 0.15) is 90.9 Å². The van der Waals surface area contributed by atoms with Gasteiger partial charge in [0.1, 0.15) is 6.23 Å². The minimum absolute atomic E-state index is 0.0103. The minimum atomic E-state index is -0.656. The maximum Gasteiger partial charge on any atom is 0.221 e. The molecule has 0 aromatic carbocycles. The predicted molar refractivity (Wildman–Crippen MR) is 80.9 cm³/mol. The molecule has 0 heterocycles. The molecule has 114 valence electrons. The molecule has 0 rings (SSSR count). The average molecular weight is 271 g/mol. The molecule has 2 N–H and O–H groups in total. The number of carbonyl (C=O) groups excluding carboxylic acids is 1. The molecule has 0 aliphatic carbocycles. The lowest BCUT2D eigenvalue weighted by atomic mass is 10.1. The van der Waals surface area contributed by atoms with Gasteiger partial charge in [0.25, 0.3) is 0 Å². The Morgan fingerprint density at radius 1 is 0.895 bits per heavy atom. The van der Waals surface area contributed by atoms with Gasteiger partial charge in [-0.25, -0.2) is 0 Å². The van der Waals surface area contributed by atoms with Gasteiger partial charge in [0, 0.05) is 6.42 Å². The van der Waals surface area contributed by atoms with E-state index in [9.17, 15) is 9.90 Å². The second-order valence-electron chi connectivity index (χ2n) is 5.45. The minimum Gasteiger partial charge on any atom is -0.374 e. The van der Waals surface area contributed by atoms with Crippen LogP contribution in [0.4, 0.5) is 0 Å². The molecule has 0 aromatic rings. The highest BCUT2D eigenvalue weighted by Gasteiger charge is 2.06. The fraction of sp³-hybridized carbons (Fsp3) is 0.938. The molecular weight excluding hydrogens is 238 g/mol. The second-order valence-corrected chi connectivity index (χ2v) is 5.45. The lowest BCUT2D eigenvalue weighted by Gasteiger charge is -2.11. The first kappa shape index (κ1) is 18.4. The van der Waals surface area contributed by atoms with Gasteiger partial charge in [0.05, 0.1) is 0 Å². The molecular formula is C16H33NO2. The molecule has 1 unspecified atom stereocenters. The van der Waals surface area contributed by atoms with Crippen molar-refractivity contribution in [3.63, 3.8) is 0 Å². The normalized spacial score (nSPS) is 12.4. The lowest BCUT2D eigenvalue weighted by Crippen LogP contribution is -2.34. The Bertz CT molecular complexity index is 207. The van der Waals surface area contributed by atoms with Crippen LogP contribution >= 0.6 is 0 Å². The van der Waals surface area contributed by atoms with Gasteiger partial charge < -0.3 is 10.4 Å². The monoisotopic (exact) mass is 271 g/mol. The first-order valence-electron chi connectivity index (χ1n) is 8.18. The van der Waals surface area contributed by atoms with Crippen LogP contribution in [0.5, 0.6) is 0 Å². The number of hydrogen-bond donors (Lipinski definition) is 2. The van der Waals surface area contributed by atoms with E-state index in [4.69, 9.17) is 0 Å². The van der Waals surface area contributed by atoms with Crippen molar-refractivity contribution in [1.82, 2.24) is 5.32 Å². The smallest absolute Gasteiger partial charge is 0.221 e. The zero-order valence-electron chi connectivity index (χ0n) is 12.9. The van der Waals surface area contributed by atoms with E-state index in [2.05, 4.69) is 12.2 Å². The van der Waals surface area contributed by atoms with Crippen LogP contribution in [0.3, 0.4) is 0 Å². The number of amides is 1. The third-order valence-corrected chi connectivity index (χ3v) is 3.40. The number of unbranched alkanes of at least 4 members (excludes halogenated alkanes) is 8. The van der Waals surface area contributed by atoms with Gasteiger partial charge in [-0.3, -0.25) is 4.79 Å². The molecule has 0 spiro atoms. The molecule has 0 fully saturated rings. The highest BCUT2D eigenvalue weighted by molar-refractivity contribution is 5.75.